The second-order valence-electron chi connectivity index (χ2n) is 3.15. The number of ether oxygens (including phenoxy) is 1. The summed E-state index contributed by atoms with van der Waals surface area (Å²) in [6.45, 7) is 3.67. The van der Waals surface area contributed by atoms with E-state index in [0.29, 0.717) is 5.69 Å². The molecule has 0 aliphatic heterocycles. The molecule has 0 bridgehead atoms. The number of hydrogen-bond acceptors (Lipinski definition) is 2. The van der Waals surface area contributed by atoms with E-state index in [4.69, 9.17) is 4.74 Å². The van der Waals surface area contributed by atoms with Crippen LogP contribution < -0.4 is 28.5 Å². The number of halogens is 1. The molecule has 1 aromatic rings. The van der Waals surface area contributed by atoms with Crippen LogP contribution in [0.1, 0.15) is 24.3 Å². The highest BCUT2D eigenvalue weighted by Gasteiger charge is 2.17. The van der Waals surface area contributed by atoms with Gasteiger partial charge in [-0.15, -0.1) is 0 Å². The quantitative estimate of drug-likeness (QED) is 0.362. The third-order valence-electron chi connectivity index (χ3n) is 1.61. The van der Waals surface area contributed by atoms with Crippen LogP contribution >= 0.6 is 0 Å². The number of rotatable bonds is 2. The molecule has 0 aliphatic rings. The molecule has 0 aliphatic carbocycles. The van der Waals surface area contributed by atoms with Crippen LogP contribution in [0.3, 0.4) is 0 Å². The van der Waals surface area contributed by atoms with Crippen molar-refractivity contribution in [3.05, 3.63) is 30.1 Å². The standard InChI is InChI=1S/C10H14NO2.HI/c1-8(2)13-10(12)9-6-4-5-7-11(9)3;/h4-8H,1-3H3;1H/q+1;/p-1. The zero-order valence-electron chi connectivity index (χ0n) is 8.53. The lowest BCUT2D eigenvalue weighted by molar-refractivity contribution is -0.674. The fraction of sp³-hybridized carbons (Fsp3) is 0.400. The van der Waals surface area contributed by atoms with Crippen molar-refractivity contribution in [3.63, 3.8) is 0 Å². The van der Waals surface area contributed by atoms with E-state index in [1.54, 1.807) is 10.6 Å². The summed E-state index contributed by atoms with van der Waals surface area (Å²) in [7, 11) is 1.82. The molecule has 1 aromatic heterocycles. The van der Waals surface area contributed by atoms with Crippen molar-refractivity contribution >= 4 is 5.97 Å². The van der Waals surface area contributed by atoms with Gasteiger partial charge in [-0.3, -0.25) is 0 Å². The highest BCUT2D eigenvalue weighted by atomic mass is 127. The van der Waals surface area contributed by atoms with Crippen LogP contribution in [0.5, 0.6) is 0 Å². The summed E-state index contributed by atoms with van der Waals surface area (Å²) < 4.78 is 6.80. The lowest BCUT2D eigenvalue weighted by atomic mass is 10.3. The molecule has 0 radical (unpaired) electrons. The molecule has 0 unspecified atom stereocenters. The van der Waals surface area contributed by atoms with E-state index >= 15 is 0 Å². The first-order valence-electron chi connectivity index (χ1n) is 4.27. The Morgan fingerprint density at radius 2 is 2.07 bits per heavy atom. The van der Waals surface area contributed by atoms with Gasteiger partial charge in [-0.1, -0.05) is 0 Å². The molecule has 0 saturated heterocycles. The lowest BCUT2D eigenvalue weighted by Gasteiger charge is -2.05. The van der Waals surface area contributed by atoms with Crippen molar-refractivity contribution in [3.8, 4) is 0 Å². The first-order valence-corrected chi connectivity index (χ1v) is 4.27. The number of carbonyl (C=O) groups excluding carboxylic acids is 1. The van der Waals surface area contributed by atoms with Gasteiger partial charge in [0.25, 0.3) is 5.69 Å². The lowest BCUT2D eigenvalue weighted by Crippen LogP contribution is -3.00. The average Bonchev–Trinajstić information content (AvgIpc) is 2.03. The second-order valence-corrected chi connectivity index (χ2v) is 3.15. The molecule has 3 nitrogen and oxygen atoms in total. The molecule has 1 rings (SSSR count). The van der Waals surface area contributed by atoms with Gasteiger partial charge in [-0.2, -0.15) is 4.57 Å². The maximum atomic E-state index is 11.4. The third-order valence-corrected chi connectivity index (χ3v) is 1.61. The number of pyridine rings is 1. The Balaban J connectivity index is 0.00000169. The van der Waals surface area contributed by atoms with E-state index in [0.717, 1.165) is 0 Å². The maximum absolute atomic E-state index is 11.4. The topological polar surface area (TPSA) is 30.2 Å². The van der Waals surface area contributed by atoms with E-state index in [9.17, 15) is 4.79 Å². The number of aromatic nitrogens is 1. The van der Waals surface area contributed by atoms with Gasteiger partial charge in [0.2, 0.25) is 0 Å². The van der Waals surface area contributed by atoms with E-state index in [1.165, 1.54) is 0 Å². The average molecular weight is 307 g/mol. The summed E-state index contributed by atoms with van der Waals surface area (Å²) in [6, 6.07) is 5.42. The predicted molar refractivity (Wildman–Crippen MR) is 48.2 cm³/mol. The number of hydrogen-bond donors (Lipinski definition) is 0. The molecule has 0 saturated carbocycles. The molecular weight excluding hydrogens is 293 g/mol. The maximum Gasteiger partial charge on any atom is 0.403 e. The van der Waals surface area contributed by atoms with Crippen LogP contribution in [-0.2, 0) is 11.8 Å². The normalized spacial score (nSPS) is 9.43. The summed E-state index contributed by atoms with van der Waals surface area (Å²) in [5.74, 6) is -0.280. The minimum absolute atomic E-state index is 0. The summed E-state index contributed by atoms with van der Waals surface area (Å²) in [5, 5.41) is 0. The van der Waals surface area contributed by atoms with Gasteiger partial charge in [0.05, 0.1) is 6.10 Å². The SMILES string of the molecule is CC(C)OC(=O)c1cccc[n+]1C.[I-]. The van der Waals surface area contributed by atoms with Crippen molar-refractivity contribution < 1.29 is 38.1 Å². The number of aryl methyl sites for hydroxylation is 1. The van der Waals surface area contributed by atoms with E-state index in [2.05, 4.69) is 0 Å². The van der Waals surface area contributed by atoms with E-state index in [1.807, 2.05) is 39.2 Å². The number of esters is 1. The minimum Gasteiger partial charge on any atom is -1.00 e. The zero-order valence-corrected chi connectivity index (χ0v) is 10.7. The van der Waals surface area contributed by atoms with Gasteiger partial charge in [0.1, 0.15) is 7.05 Å². The van der Waals surface area contributed by atoms with Gasteiger partial charge in [0.15, 0.2) is 6.20 Å². The summed E-state index contributed by atoms with van der Waals surface area (Å²) in [5.41, 5.74) is 0.566. The highest BCUT2D eigenvalue weighted by Crippen LogP contribution is 1.97. The van der Waals surface area contributed by atoms with Crippen LogP contribution in [0.15, 0.2) is 24.4 Å². The Bertz CT molecular complexity index is 313. The molecule has 14 heavy (non-hydrogen) atoms. The van der Waals surface area contributed by atoms with Crippen LogP contribution in [0.4, 0.5) is 0 Å². The molecule has 0 amide bonds. The number of nitrogens with zero attached hydrogens (tertiary/aromatic N) is 1. The predicted octanol–water partition coefficient (Wildman–Crippen LogP) is -1.92. The summed E-state index contributed by atoms with van der Waals surface area (Å²) >= 11 is 0. The molecule has 0 atom stereocenters. The molecule has 0 aromatic carbocycles. The van der Waals surface area contributed by atoms with Gasteiger partial charge < -0.3 is 28.7 Å². The Morgan fingerprint density at radius 3 is 2.57 bits per heavy atom. The van der Waals surface area contributed by atoms with Crippen molar-refractivity contribution in [2.24, 2.45) is 7.05 Å². The van der Waals surface area contributed by atoms with Crippen LogP contribution in [0.2, 0.25) is 0 Å². The van der Waals surface area contributed by atoms with Crippen molar-refractivity contribution in [1.29, 1.82) is 0 Å². The Hall–Kier alpha value is -0.650. The van der Waals surface area contributed by atoms with Crippen molar-refractivity contribution in [2.75, 3.05) is 0 Å². The van der Waals surface area contributed by atoms with Gasteiger partial charge >= 0.3 is 5.97 Å². The molecule has 0 fully saturated rings. The number of carbonyl (C=O) groups is 1. The van der Waals surface area contributed by atoms with Gasteiger partial charge in [-0.25, -0.2) is 4.79 Å². The van der Waals surface area contributed by atoms with Crippen LogP contribution in [-0.4, -0.2) is 12.1 Å². The van der Waals surface area contributed by atoms with Gasteiger partial charge in [-0.05, 0) is 19.9 Å². The monoisotopic (exact) mass is 307 g/mol. The first kappa shape index (κ1) is 13.4. The molecule has 78 valence electrons. The van der Waals surface area contributed by atoms with Crippen LogP contribution in [0, 0.1) is 0 Å². The molecule has 0 spiro atoms. The van der Waals surface area contributed by atoms with E-state index in [-0.39, 0.29) is 36.0 Å². The fourth-order valence-corrected chi connectivity index (χ4v) is 1.01. The van der Waals surface area contributed by atoms with Crippen LogP contribution in [0.25, 0.3) is 0 Å². The van der Waals surface area contributed by atoms with Gasteiger partial charge in [0, 0.05) is 12.1 Å². The third kappa shape index (κ3) is 3.61. The smallest absolute Gasteiger partial charge is 0.403 e. The summed E-state index contributed by atoms with van der Waals surface area (Å²) in [4.78, 5) is 11.4. The Morgan fingerprint density at radius 1 is 1.43 bits per heavy atom. The molecule has 1 heterocycles. The Labute approximate surface area is 101 Å². The fourth-order valence-electron chi connectivity index (χ4n) is 1.01. The zero-order chi connectivity index (χ0) is 9.84. The first-order chi connectivity index (χ1) is 6.11. The Kier molecular flexibility index (Phi) is 5.68. The van der Waals surface area contributed by atoms with Crippen molar-refractivity contribution in [2.45, 2.75) is 20.0 Å². The van der Waals surface area contributed by atoms with E-state index < -0.39 is 0 Å². The van der Waals surface area contributed by atoms with Crippen molar-refractivity contribution in [1.82, 2.24) is 0 Å². The minimum atomic E-state index is -0.280. The second kappa shape index (κ2) is 5.95. The molecule has 0 N–H and O–H groups in total. The summed E-state index contributed by atoms with van der Waals surface area (Å²) in [6.07, 6.45) is 1.74. The largest absolute Gasteiger partial charge is 1.00 e. The molecular formula is C10H14INO2. The highest BCUT2D eigenvalue weighted by molar-refractivity contribution is 5.85. The molecule has 4 heteroatoms.